The molecular weight excluding hydrogens is 254 g/mol. The predicted molar refractivity (Wildman–Crippen MR) is 76.2 cm³/mol. The topological polar surface area (TPSA) is 60.0 Å². The Labute approximate surface area is 116 Å². The lowest BCUT2D eigenvalue weighted by atomic mass is 10.1. The van der Waals surface area contributed by atoms with Crippen molar-refractivity contribution in [3.63, 3.8) is 0 Å². The first-order valence-electron chi connectivity index (χ1n) is 6.30. The Morgan fingerprint density at radius 3 is 2.70 bits per heavy atom. The highest BCUT2D eigenvalue weighted by atomic mass is 16.5. The molecular formula is C15H15N3O2. The van der Waals surface area contributed by atoms with Crippen LogP contribution in [-0.2, 0) is 6.42 Å². The van der Waals surface area contributed by atoms with Crippen LogP contribution >= 0.6 is 0 Å². The summed E-state index contributed by atoms with van der Waals surface area (Å²) in [6.07, 6.45) is 2.43. The zero-order valence-corrected chi connectivity index (χ0v) is 11.4. The summed E-state index contributed by atoms with van der Waals surface area (Å²) in [5.41, 5.74) is 2.78. The number of nitrogens with one attached hydrogen (secondary N) is 1. The Morgan fingerprint density at radius 1 is 1.10 bits per heavy atom. The Hall–Kier alpha value is -2.56. The van der Waals surface area contributed by atoms with E-state index in [0.29, 0.717) is 6.42 Å². The van der Waals surface area contributed by atoms with E-state index in [4.69, 9.17) is 9.47 Å². The number of nitrogens with zero attached hydrogens (tertiary/aromatic N) is 2. The van der Waals surface area contributed by atoms with Crippen LogP contribution in [0.5, 0.6) is 11.5 Å². The number of methoxy groups -OCH3 is 2. The number of benzene rings is 1. The van der Waals surface area contributed by atoms with Crippen LogP contribution in [0.3, 0.4) is 0 Å². The molecule has 102 valence electrons. The van der Waals surface area contributed by atoms with Crippen LogP contribution < -0.4 is 9.47 Å². The Balaban J connectivity index is 1.90. The molecule has 5 heteroatoms. The van der Waals surface area contributed by atoms with Crippen LogP contribution in [0.4, 0.5) is 0 Å². The Bertz CT molecular complexity index is 704. The second kappa shape index (κ2) is 5.21. The molecule has 0 fully saturated rings. The standard InChI is InChI=1S/C15H15N3O2/c1-19-12-6-5-10(8-13(12)20-2)9-14-17-11-4-3-7-16-15(11)18-14/h3-8H,9H2,1-2H3,(H,16,17,18). The van der Waals surface area contributed by atoms with Gasteiger partial charge in [0.05, 0.1) is 19.7 Å². The third-order valence-corrected chi connectivity index (χ3v) is 3.13. The van der Waals surface area contributed by atoms with Gasteiger partial charge in [0.1, 0.15) is 5.82 Å². The maximum Gasteiger partial charge on any atom is 0.177 e. The summed E-state index contributed by atoms with van der Waals surface area (Å²) in [4.78, 5) is 11.9. The molecule has 0 aliphatic rings. The van der Waals surface area contributed by atoms with E-state index >= 15 is 0 Å². The lowest BCUT2D eigenvalue weighted by Gasteiger charge is -2.08. The molecule has 0 saturated heterocycles. The third-order valence-electron chi connectivity index (χ3n) is 3.13. The van der Waals surface area contributed by atoms with Gasteiger partial charge in [-0.05, 0) is 29.8 Å². The van der Waals surface area contributed by atoms with E-state index in [1.165, 1.54) is 0 Å². The van der Waals surface area contributed by atoms with Gasteiger partial charge >= 0.3 is 0 Å². The molecule has 0 unspecified atom stereocenters. The molecule has 2 aromatic heterocycles. The van der Waals surface area contributed by atoms with Gasteiger partial charge in [0, 0.05) is 12.6 Å². The van der Waals surface area contributed by atoms with E-state index in [9.17, 15) is 0 Å². The number of imidazole rings is 1. The fourth-order valence-corrected chi connectivity index (χ4v) is 2.16. The van der Waals surface area contributed by atoms with Gasteiger partial charge in [0.2, 0.25) is 0 Å². The van der Waals surface area contributed by atoms with Gasteiger partial charge in [-0.15, -0.1) is 0 Å². The number of rotatable bonds is 4. The molecule has 3 aromatic rings. The summed E-state index contributed by atoms with van der Waals surface area (Å²) < 4.78 is 10.5. The van der Waals surface area contributed by atoms with Crippen molar-refractivity contribution in [2.24, 2.45) is 0 Å². The van der Waals surface area contributed by atoms with Crippen molar-refractivity contribution in [3.8, 4) is 11.5 Å². The average molecular weight is 269 g/mol. The Morgan fingerprint density at radius 2 is 1.95 bits per heavy atom. The van der Waals surface area contributed by atoms with Gasteiger partial charge in [-0.1, -0.05) is 6.07 Å². The predicted octanol–water partition coefficient (Wildman–Crippen LogP) is 2.57. The molecule has 0 atom stereocenters. The minimum atomic E-state index is 0.691. The van der Waals surface area contributed by atoms with E-state index in [2.05, 4.69) is 15.0 Å². The smallest absolute Gasteiger partial charge is 0.177 e. The van der Waals surface area contributed by atoms with Crippen LogP contribution in [0.2, 0.25) is 0 Å². The summed E-state index contributed by atoms with van der Waals surface area (Å²) in [5.74, 6) is 2.33. The highest BCUT2D eigenvalue weighted by Gasteiger charge is 2.08. The second-order valence-corrected chi connectivity index (χ2v) is 4.42. The Kier molecular flexibility index (Phi) is 3.25. The van der Waals surface area contributed by atoms with Crippen molar-refractivity contribution in [1.82, 2.24) is 15.0 Å². The number of hydrogen-bond acceptors (Lipinski definition) is 4. The summed E-state index contributed by atoms with van der Waals surface area (Å²) in [6.45, 7) is 0. The van der Waals surface area contributed by atoms with Crippen molar-refractivity contribution < 1.29 is 9.47 Å². The summed E-state index contributed by atoms with van der Waals surface area (Å²) in [7, 11) is 3.26. The molecule has 0 saturated carbocycles. The van der Waals surface area contributed by atoms with Crippen molar-refractivity contribution in [3.05, 3.63) is 47.9 Å². The van der Waals surface area contributed by atoms with Crippen molar-refractivity contribution >= 4 is 11.2 Å². The van der Waals surface area contributed by atoms with Crippen LogP contribution in [0.15, 0.2) is 36.5 Å². The first-order valence-corrected chi connectivity index (χ1v) is 6.30. The van der Waals surface area contributed by atoms with Crippen LogP contribution in [-0.4, -0.2) is 29.2 Å². The fraction of sp³-hybridized carbons (Fsp3) is 0.200. The van der Waals surface area contributed by atoms with Crippen molar-refractivity contribution in [2.75, 3.05) is 14.2 Å². The van der Waals surface area contributed by atoms with Crippen LogP contribution in [0.25, 0.3) is 11.2 Å². The third kappa shape index (κ3) is 2.30. The molecule has 20 heavy (non-hydrogen) atoms. The highest BCUT2D eigenvalue weighted by molar-refractivity contribution is 5.70. The van der Waals surface area contributed by atoms with E-state index in [1.54, 1.807) is 20.4 Å². The van der Waals surface area contributed by atoms with Gasteiger partial charge in [-0.25, -0.2) is 9.97 Å². The van der Waals surface area contributed by atoms with Gasteiger partial charge < -0.3 is 14.5 Å². The SMILES string of the molecule is COc1ccc(Cc2nc3ncccc3[nH]2)cc1OC. The molecule has 0 amide bonds. The van der Waals surface area contributed by atoms with E-state index in [0.717, 1.165) is 34.1 Å². The minimum Gasteiger partial charge on any atom is -0.493 e. The first-order chi connectivity index (χ1) is 9.80. The zero-order valence-electron chi connectivity index (χ0n) is 11.4. The molecule has 5 nitrogen and oxygen atoms in total. The van der Waals surface area contributed by atoms with Crippen molar-refractivity contribution in [2.45, 2.75) is 6.42 Å². The summed E-state index contributed by atoms with van der Waals surface area (Å²) in [5, 5.41) is 0. The van der Waals surface area contributed by atoms with E-state index < -0.39 is 0 Å². The van der Waals surface area contributed by atoms with Gasteiger partial charge in [-0.3, -0.25) is 0 Å². The second-order valence-electron chi connectivity index (χ2n) is 4.42. The number of H-pyrrole nitrogens is 1. The van der Waals surface area contributed by atoms with E-state index in [-0.39, 0.29) is 0 Å². The first kappa shape index (κ1) is 12.5. The lowest BCUT2D eigenvalue weighted by Crippen LogP contribution is -1.95. The molecule has 0 aliphatic carbocycles. The maximum atomic E-state index is 5.31. The molecule has 1 N–H and O–H groups in total. The summed E-state index contributed by atoms with van der Waals surface area (Å²) >= 11 is 0. The number of fused-ring (bicyclic) bond motifs is 1. The highest BCUT2D eigenvalue weighted by Crippen LogP contribution is 2.28. The normalized spacial score (nSPS) is 10.7. The number of ether oxygens (including phenoxy) is 2. The minimum absolute atomic E-state index is 0.691. The summed E-state index contributed by atoms with van der Waals surface area (Å²) in [6, 6.07) is 9.71. The quantitative estimate of drug-likeness (QED) is 0.790. The zero-order chi connectivity index (χ0) is 13.9. The lowest BCUT2D eigenvalue weighted by molar-refractivity contribution is 0.354. The number of aromatic nitrogens is 3. The van der Waals surface area contributed by atoms with Crippen LogP contribution in [0, 0.1) is 0 Å². The maximum absolute atomic E-state index is 5.31. The molecule has 0 bridgehead atoms. The number of aromatic amines is 1. The van der Waals surface area contributed by atoms with Gasteiger partial charge in [-0.2, -0.15) is 0 Å². The molecule has 0 radical (unpaired) electrons. The largest absolute Gasteiger partial charge is 0.493 e. The van der Waals surface area contributed by atoms with Crippen LogP contribution in [0.1, 0.15) is 11.4 Å². The van der Waals surface area contributed by atoms with E-state index in [1.807, 2.05) is 30.3 Å². The van der Waals surface area contributed by atoms with Gasteiger partial charge in [0.15, 0.2) is 17.1 Å². The molecule has 2 heterocycles. The number of pyridine rings is 1. The molecule has 3 rings (SSSR count). The number of hydrogen-bond donors (Lipinski definition) is 1. The van der Waals surface area contributed by atoms with Gasteiger partial charge in [0.25, 0.3) is 0 Å². The fourth-order valence-electron chi connectivity index (χ4n) is 2.16. The van der Waals surface area contributed by atoms with Crippen molar-refractivity contribution in [1.29, 1.82) is 0 Å². The monoisotopic (exact) mass is 269 g/mol. The molecule has 0 spiro atoms. The average Bonchev–Trinajstić information content (AvgIpc) is 2.89. The molecule has 0 aliphatic heterocycles. The molecule has 1 aromatic carbocycles.